The van der Waals surface area contributed by atoms with E-state index in [1.54, 1.807) is 0 Å². The molecule has 0 spiro atoms. The molecule has 2 atom stereocenters. The highest BCUT2D eigenvalue weighted by Crippen LogP contribution is 2.28. The molecule has 0 aromatic heterocycles. The van der Waals surface area contributed by atoms with Crippen LogP contribution in [-0.4, -0.2) is 76.2 Å². The van der Waals surface area contributed by atoms with Crippen LogP contribution in [0.25, 0.3) is 0 Å². The van der Waals surface area contributed by atoms with Gasteiger partial charge in [0.2, 0.25) is 11.8 Å². The Morgan fingerprint density at radius 1 is 0.800 bits per heavy atom. The van der Waals surface area contributed by atoms with Crippen LogP contribution in [0.15, 0.2) is 0 Å². The van der Waals surface area contributed by atoms with Crippen molar-refractivity contribution in [3.05, 3.63) is 0 Å². The van der Waals surface area contributed by atoms with E-state index in [1.165, 1.54) is 0 Å². The van der Waals surface area contributed by atoms with E-state index in [0.29, 0.717) is 13.1 Å². The van der Waals surface area contributed by atoms with Crippen LogP contribution in [-0.2, 0) is 24.0 Å². The number of carbonyl (C=O) groups is 6. The quantitative estimate of drug-likeness (QED) is 0.164. The normalized spacial score (nSPS) is 19.0. The molecule has 0 bridgehead atoms. The van der Waals surface area contributed by atoms with Crippen molar-refractivity contribution in [1.82, 2.24) is 21.3 Å². The number of urea groups is 1. The molecule has 0 radical (unpaired) electrons. The molecule has 13 nitrogen and oxygen atoms in total. The van der Waals surface area contributed by atoms with Gasteiger partial charge in [0, 0.05) is 31.8 Å². The molecular formula is C22H36N4O9. The zero-order valence-electron chi connectivity index (χ0n) is 19.9. The molecule has 4 amide bonds. The summed E-state index contributed by atoms with van der Waals surface area (Å²) in [6, 6.07) is -4.03. The van der Waals surface area contributed by atoms with Crippen LogP contribution in [0.4, 0.5) is 4.79 Å². The Kier molecular flexibility index (Phi) is 13.1. The van der Waals surface area contributed by atoms with Gasteiger partial charge >= 0.3 is 23.9 Å². The lowest BCUT2D eigenvalue weighted by Crippen LogP contribution is -2.51. The van der Waals surface area contributed by atoms with Crippen molar-refractivity contribution in [3.8, 4) is 0 Å². The van der Waals surface area contributed by atoms with Crippen molar-refractivity contribution >= 4 is 35.8 Å². The summed E-state index contributed by atoms with van der Waals surface area (Å²) in [5.41, 5.74) is 0. The summed E-state index contributed by atoms with van der Waals surface area (Å²) in [5.74, 6) is -4.18. The highest BCUT2D eigenvalue weighted by atomic mass is 16.4. The molecule has 1 saturated carbocycles. The predicted octanol–water partition coefficient (Wildman–Crippen LogP) is 0.286. The predicted molar refractivity (Wildman–Crippen MR) is 122 cm³/mol. The van der Waals surface area contributed by atoms with Gasteiger partial charge in [-0.15, -0.1) is 0 Å². The van der Waals surface area contributed by atoms with E-state index < -0.39 is 42.4 Å². The molecule has 2 unspecified atom stereocenters. The first-order valence-corrected chi connectivity index (χ1v) is 11.8. The molecule has 0 aliphatic heterocycles. The van der Waals surface area contributed by atoms with E-state index in [2.05, 4.69) is 16.0 Å². The number of carboxylic acids is 3. The first kappa shape index (κ1) is 29.7. The summed E-state index contributed by atoms with van der Waals surface area (Å²) < 4.78 is 0. The van der Waals surface area contributed by atoms with E-state index >= 15 is 0 Å². The Bertz CT molecular complexity index is 766. The first-order chi connectivity index (χ1) is 16.5. The number of hydrogen-bond acceptors (Lipinski definition) is 6. The molecule has 0 saturated heterocycles. The number of rotatable bonds is 15. The maximum Gasteiger partial charge on any atom is 0.326 e. The van der Waals surface area contributed by atoms with Gasteiger partial charge in [-0.3, -0.25) is 14.4 Å². The van der Waals surface area contributed by atoms with Crippen LogP contribution < -0.4 is 21.3 Å². The molecule has 13 heteroatoms. The monoisotopic (exact) mass is 500 g/mol. The largest absolute Gasteiger partial charge is 0.481 e. The van der Waals surface area contributed by atoms with Gasteiger partial charge in [-0.2, -0.15) is 0 Å². The average Bonchev–Trinajstić information content (AvgIpc) is 2.81. The molecule has 0 aromatic carbocycles. The SMILES string of the molecule is CCCNC(=O)C1CCC(CNC(=O)CCC(NC(=O)NC(CCC(=O)O)C(=O)O)C(=O)O)CC1. The molecule has 0 aromatic rings. The second-order valence-corrected chi connectivity index (χ2v) is 8.68. The van der Waals surface area contributed by atoms with E-state index in [9.17, 15) is 33.9 Å². The topological polar surface area (TPSA) is 211 Å². The van der Waals surface area contributed by atoms with Crippen molar-refractivity contribution in [2.45, 2.75) is 76.8 Å². The maximum atomic E-state index is 12.2. The third-order valence-corrected chi connectivity index (χ3v) is 5.87. The zero-order valence-corrected chi connectivity index (χ0v) is 19.9. The van der Waals surface area contributed by atoms with Gasteiger partial charge in [-0.05, 0) is 50.9 Å². The van der Waals surface area contributed by atoms with Crippen LogP contribution in [0.2, 0.25) is 0 Å². The van der Waals surface area contributed by atoms with Gasteiger partial charge in [0.15, 0.2) is 0 Å². The van der Waals surface area contributed by atoms with Gasteiger partial charge in [-0.1, -0.05) is 6.92 Å². The van der Waals surface area contributed by atoms with Gasteiger partial charge < -0.3 is 36.6 Å². The molecule has 7 N–H and O–H groups in total. The highest BCUT2D eigenvalue weighted by molar-refractivity contribution is 5.86. The summed E-state index contributed by atoms with van der Waals surface area (Å²) >= 11 is 0. The first-order valence-electron chi connectivity index (χ1n) is 11.8. The van der Waals surface area contributed by atoms with Crippen LogP contribution >= 0.6 is 0 Å². The third-order valence-electron chi connectivity index (χ3n) is 5.87. The fourth-order valence-electron chi connectivity index (χ4n) is 3.78. The zero-order chi connectivity index (χ0) is 26.4. The number of nitrogens with one attached hydrogen (secondary N) is 4. The standard InChI is InChI=1S/C22H36N4O9/c1-2-11-23-19(30)14-5-3-13(4-6-14)12-24-17(27)9-7-15(20(31)32)25-22(35)26-16(21(33)34)8-10-18(28)29/h13-16H,2-12H2,1H3,(H,23,30)(H,24,27)(H,28,29)(H,31,32)(H,33,34)(H2,25,26,35). The second-order valence-electron chi connectivity index (χ2n) is 8.68. The molecule has 1 aliphatic carbocycles. The van der Waals surface area contributed by atoms with Crippen molar-refractivity contribution < 1.29 is 44.1 Å². The van der Waals surface area contributed by atoms with Gasteiger partial charge in [-0.25, -0.2) is 14.4 Å². The lowest BCUT2D eigenvalue weighted by atomic mass is 9.81. The van der Waals surface area contributed by atoms with E-state index in [0.717, 1.165) is 32.1 Å². The van der Waals surface area contributed by atoms with Crippen molar-refractivity contribution in [1.29, 1.82) is 0 Å². The Morgan fingerprint density at radius 2 is 1.34 bits per heavy atom. The molecule has 1 rings (SSSR count). The Morgan fingerprint density at radius 3 is 1.83 bits per heavy atom. The van der Waals surface area contributed by atoms with Crippen LogP contribution in [0.3, 0.4) is 0 Å². The average molecular weight is 501 g/mol. The number of carboxylic acid groups (broad SMARTS) is 3. The smallest absolute Gasteiger partial charge is 0.326 e. The third kappa shape index (κ3) is 12.1. The minimum atomic E-state index is -1.50. The Labute approximate surface area is 203 Å². The molecular weight excluding hydrogens is 464 g/mol. The summed E-state index contributed by atoms with van der Waals surface area (Å²) in [6.07, 6.45) is 2.73. The second kappa shape index (κ2) is 15.5. The van der Waals surface area contributed by atoms with Crippen molar-refractivity contribution in [3.63, 3.8) is 0 Å². The molecule has 35 heavy (non-hydrogen) atoms. The Balaban J connectivity index is 2.39. The van der Waals surface area contributed by atoms with Crippen LogP contribution in [0.1, 0.15) is 64.7 Å². The highest BCUT2D eigenvalue weighted by Gasteiger charge is 2.27. The minimum Gasteiger partial charge on any atom is -0.481 e. The van der Waals surface area contributed by atoms with Crippen molar-refractivity contribution in [2.24, 2.45) is 11.8 Å². The number of hydrogen-bond donors (Lipinski definition) is 7. The van der Waals surface area contributed by atoms with Gasteiger partial charge in [0.25, 0.3) is 0 Å². The molecule has 0 heterocycles. The fourth-order valence-corrected chi connectivity index (χ4v) is 3.78. The summed E-state index contributed by atoms with van der Waals surface area (Å²) in [5, 5.41) is 36.8. The van der Waals surface area contributed by atoms with E-state index in [4.69, 9.17) is 10.2 Å². The van der Waals surface area contributed by atoms with Crippen LogP contribution in [0, 0.1) is 11.8 Å². The van der Waals surface area contributed by atoms with E-state index in [1.807, 2.05) is 12.2 Å². The lowest BCUT2D eigenvalue weighted by Gasteiger charge is -2.28. The number of carbonyl (C=O) groups excluding carboxylic acids is 3. The Hall–Kier alpha value is -3.38. The number of aliphatic carboxylic acids is 3. The summed E-state index contributed by atoms with van der Waals surface area (Å²) in [6.45, 7) is 3.06. The maximum absolute atomic E-state index is 12.2. The lowest BCUT2D eigenvalue weighted by molar-refractivity contribution is -0.141. The van der Waals surface area contributed by atoms with Gasteiger partial charge in [0.05, 0.1) is 0 Å². The number of amides is 4. The summed E-state index contributed by atoms with van der Waals surface area (Å²) in [7, 11) is 0. The molecule has 1 fully saturated rings. The minimum absolute atomic E-state index is 0.00750. The summed E-state index contributed by atoms with van der Waals surface area (Å²) in [4.78, 5) is 69.4. The molecule has 198 valence electrons. The van der Waals surface area contributed by atoms with E-state index in [-0.39, 0.29) is 42.9 Å². The van der Waals surface area contributed by atoms with Crippen molar-refractivity contribution in [2.75, 3.05) is 13.1 Å². The van der Waals surface area contributed by atoms with Gasteiger partial charge in [0.1, 0.15) is 12.1 Å². The fraction of sp³-hybridized carbons (Fsp3) is 0.727. The van der Waals surface area contributed by atoms with Crippen LogP contribution in [0.5, 0.6) is 0 Å². The molecule has 1 aliphatic rings.